The lowest BCUT2D eigenvalue weighted by atomic mass is 10.1. The van der Waals surface area contributed by atoms with Crippen LogP contribution in [0.4, 0.5) is 0 Å². The number of pyridine rings is 1. The number of carbonyl (C=O) groups excluding carboxylic acids is 1. The summed E-state index contributed by atoms with van der Waals surface area (Å²) in [5.41, 5.74) is 0.351. The highest BCUT2D eigenvalue weighted by molar-refractivity contribution is 7.80. The Balaban J connectivity index is 3.18. The van der Waals surface area contributed by atoms with E-state index in [2.05, 4.69) is 17.6 Å². The minimum Gasteiger partial charge on any atom is -0.462 e. The third-order valence-electron chi connectivity index (χ3n) is 1.53. The van der Waals surface area contributed by atoms with Crippen LogP contribution in [-0.2, 0) is 4.74 Å². The molecule has 5 heteroatoms. The lowest BCUT2D eigenvalue weighted by molar-refractivity contribution is 0.0522. The topological polar surface area (TPSA) is 63.0 Å². The van der Waals surface area contributed by atoms with E-state index in [1.54, 1.807) is 6.92 Å². The predicted molar refractivity (Wildman–Crippen MR) is 52.2 cm³/mol. The van der Waals surface area contributed by atoms with E-state index < -0.39 is 5.97 Å². The fourth-order valence-electron chi connectivity index (χ4n) is 0.952. The summed E-state index contributed by atoms with van der Waals surface area (Å²) in [6.45, 7) is 1.96. The lowest BCUT2D eigenvalue weighted by Gasteiger charge is -2.05. The third kappa shape index (κ3) is 2.03. The number of rotatable bonds is 2. The Morgan fingerprint density at radius 2 is 2.43 bits per heavy atom. The van der Waals surface area contributed by atoms with Crippen LogP contribution in [-0.4, -0.2) is 17.6 Å². The van der Waals surface area contributed by atoms with Gasteiger partial charge in [0.25, 0.3) is 0 Å². The number of nitrogens with zero attached hydrogens (tertiary/aromatic N) is 2. The summed E-state index contributed by atoms with van der Waals surface area (Å²) in [6.07, 6.45) is 2.71. The van der Waals surface area contributed by atoms with Crippen LogP contribution in [0.2, 0.25) is 0 Å². The van der Waals surface area contributed by atoms with Gasteiger partial charge in [-0.25, -0.2) is 4.79 Å². The van der Waals surface area contributed by atoms with Crippen molar-refractivity contribution >= 4 is 18.6 Å². The summed E-state index contributed by atoms with van der Waals surface area (Å²) in [4.78, 5) is 15.5. The molecule has 0 saturated heterocycles. The zero-order valence-corrected chi connectivity index (χ0v) is 8.41. The van der Waals surface area contributed by atoms with Gasteiger partial charge in [0.15, 0.2) is 0 Å². The lowest BCUT2D eigenvalue weighted by Crippen LogP contribution is -2.08. The summed E-state index contributed by atoms with van der Waals surface area (Å²) in [7, 11) is 0. The van der Waals surface area contributed by atoms with Gasteiger partial charge in [-0.05, 0) is 6.92 Å². The van der Waals surface area contributed by atoms with Crippen molar-refractivity contribution in [3.8, 4) is 6.07 Å². The SMILES string of the molecule is CCOC(=O)c1c(S)cncc1C#N. The van der Waals surface area contributed by atoms with E-state index in [9.17, 15) is 4.79 Å². The van der Waals surface area contributed by atoms with Crippen molar-refractivity contribution in [2.24, 2.45) is 0 Å². The second kappa shape index (κ2) is 4.63. The number of hydrogen-bond acceptors (Lipinski definition) is 5. The maximum atomic E-state index is 11.4. The van der Waals surface area contributed by atoms with Crippen molar-refractivity contribution in [1.29, 1.82) is 5.26 Å². The van der Waals surface area contributed by atoms with Crippen molar-refractivity contribution in [2.75, 3.05) is 6.61 Å². The average molecular weight is 208 g/mol. The number of nitriles is 1. The molecule has 0 atom stereocenters. The number of thiol groups is 1. The van der Waals surface area contributed by atoms with Crippen LogP contribution in [0.5, 0.6) is 0 Å². The van der Waals surface area contributed by atoms with Gasteiger partial charge in [0.2, 0.25) is 0 Å². The smallest absolute Gasteiger partial charge is 0.340 e. The molecule has 1 heterocycles. The summed E-state index contributed by atoms with van der Waals surface area (Å²) in [5.74, 6) is -0.545. The normalized spacial score (nSPS) is 9.21. The van der Waals surface area contributed by atoms with Crippen LogP contribution in [0.3, 0.4) is 0 Å². The molecule has 72 valence electrons. The molecule has 1 aromatic rings. The Hall–Kier alpha value is -1.54. The molecule has 0 fully saturated rings. The summed E-state index contributed by atoms with van der Waals surface area (Å²) in [5, 5.41) is 8.73. The molecule has 0 aliphatic carbocycles. The number of hydrogen-bond donors (Lipinski definition) is 1. The molecule has 1 aromatic heterocycles. The molecular weight excluding hydrogens is 200 g/mol. The summed E-state index contributed by atoms with van der Waals surface area (Å²) < 4.78 is 4.78. The zero-order chi connectivity index (χ0) is 10.6. The molecule has 0 spiro atoms. The standard InChI is InChI=1S/C9H8N2O2S/c1-2-13-9(12)8-6(3-10)4-11-5-7(8)14/h4-5,14H,2H2,1H3. The van der Waals surface area contributed by atoms with Crippen LogP contribution in [0.15, 0.2) is 17.3 Å². The Labute approximate surface area is 86.9 Å². The van der Waals surface area contributed by atoms with E-state index in [1.807, 2.05) is 6.07 Å². The van der Waals surface area contributed by atoms with Crippen LogP contribution in [0.25, 0.3) is 0 Å². The monoisotopic (exact) mass is 208 g/mol. The molecule has 0 unspecified atom stereocenters. The highest BCUT2D eigenvalue weighted by atomic mass is 32.1. The van der Waals surface area contributed by atoms with Gasteiger partial charge in [0.1, 0.15) is 6.07 Å². The molecule has 0 radical (unpaired) electrons. The summed E-state index contributed by atoms with van der Waals surface area (Å²) >= 11 is 4.04. The number of ether oxygens (including phenoxy) is 1. The van der Waals surface area contributed by atoms with E-state index in [-0.39, 0.29) is 17.7 Å². The van der Waals surface area contributed by atoms with Crippen LogP contribution >= 0.6 is 12.6 Å². The van der Waals surface area contributed by atoms with Crippen molar-refractivity contribution in [3.63, 3.8) is 0 Å². The van der Waals surface area contributed by atoms with Gasteiger partial charge in [-0.2, -0.15) is 5.26 Å². The summed E-state index contributed by atoms with van der Waals surface area (Å²) in [6, 6.07) is 1.86. The van der Waals surface area contributed by atoms with Crippen molar-refractivity contribution in [1.82, 2.24) is 4.98 Å². The van der Waals surface area contributed by atoms with Gasteiger partial charge in [0, 0.05) is 17.3 Å². The Kier molecular flexibility index (Phi) is 3.48. The Morgan fingerprint density at radius 3 is 3.00 bits per heavy atom. The first-order valence-electron chi connectivity index (χ1n) is 3.94. The van der Waals surface area contributed by atoms with Gasteiger partial charge in [-0.3, -0.25) is 4.98 Å². The maximum absolute atomic E-state index is 11.4. The molecular formula is C9H8N2O2S. The minimum absolute atomic E-state index is 0.174. The van der Waals surface area contributed by atoms with E-state index in [4.69, 9.17) is 10.00 Å². The zero-order valence-electron chi connectivity index (χ0n) is 7.52. The fourth-order valence-corrected chi connectivity index (χ4v) is 1.23. The molecule has 0 aliphatic rings. The average Bonchev–Trinajstić information content (AvgIpc) is 2.17. The van der Waals surface area contributed by atoms with Gasteiger partial charge in [-0.15, -0.1) is 12.6 Å². The first kappa shape index (κ1) is 10.5. The molecule has 0 aromatic carbocycles. The number of esters is 1. The van der Waals surface area contributed by atoms with Crippen molar-refractivity contribution in [3.05, 3.63) is 23.5 Å². The second-order valence-electron chi connectivity index (χ2n) is 2.41. The van der Waals surface area contributed by atoms with Crippen molar-refractivity contribution in [2.45, 2.75) is 11.8 Å². The first-order valence-corrected chi connectivity index (χ1v) is 4.39. The molecule has 14 heavy (non-hydrogen) atoms. The molecule has 0 aliphatic heterocycles. The van der Waals surface area contributed by atoms with Gasteiger partial charge >= 0.3 is 5.97 Å². The quantitative estimate of drug-likeness (QED) is 0.589. The Bertz CT molecular complexity index is 398. The molecule has 4 nitrogen and oxygen atoms in total. The van der Waals surface area contributed by atoms with Crippen LogP contribution in [0, 0.1) is 11.3 Å². The number of aromatic nitrogens is 1. The fraction of sp³-hybridized carbons (Fsp3) is 0.222. The maximum Gasteiger partial charge on any atom is 0.340 e. The van der Waals surface area contributed by atoms with E-state index in [0.29, 0.717) is 4.90 Å². The number of carbonyl (C=O) groups is 1. The van der Waals surface area contributed by atoms with Gasteiger partial charge < -0.3 is 4.74 Å². The van der Waals surface area contributed by atoms with E-state index in [0.717, 1.165) is 0 Å². The van der Waals surface area contributed by atoms with Crippen molar-refractivity contribution < 1.29 is 9.53 Å². The largest absolute Gasteiger partial charge is 0.462 e. The highest BCUT2D eigenvalue weighted by Crippen LogP contribution is 2.17. The van der Waals surface area contributed by atoms with Crippen LogP contribution < -0.4 is 0 Å². The highest BCUT2D eigenvalue weighted by Gasteiger charge is 2.15. The predicted octanol–water partition coefficient (Wildman–Crippen LogP) is 1.42. The van der Waals surface area contributed by atoms with E-state index in [1.165, 1.54) is 12.4 Å². The Morgan fingerprint density at radius 1 is 1.71 bits per heavy atom. The third-order valence-corrected chi connectivity index (χ3v) is 1.87. The van der Waals surface area contributed by atoms with Crippen LogP contribution in [0.1, 0.15) is 22.8 Å². The molecule has 0 saturated carbocycles. The van der Waals surface area contributed by atoms with Gasteiger partial charge in [-0.1, -0.05) is 0 Å². The van der Waals surface area contributed by atoms with Gasteiger partial charge in [0.05, 0.1) is 17.7 Å². The molecule has 0 bridgehead atoms. The first-order chi connectivity index (χ1) is 6.70. The molecule has 0 N–H and O–H groups in total. The second-order valence-corrected chi connectivity index (χ2v) is 2.90. The molecule has 0 amide bonds. The van der Waals surface area contributed by atoms with E-state index >= 15 is 0 Å². The molecule has 1 rings (SSSR count). The minimum atomic E-state index is -0.545.